The third-order valence-electron chi connectivity index (χ3n) is 5.72. The number of alkyl carbamates (subject to hydrolysis) is 1. The molecule has 1 aromatic heterocycles. The highest BCUT2D eigenvalue weighted by atomic mass is 16.5. The normalized spacial score (nSPS) is 19.6. The minimum absolute atomic E-state index is 0.350. The molecule has 2 aliphatic rings. The standard InChI is InChI=1S/C20H33N3O2/c1-15(13-16-9-10-16)18-14-23(12-6-11-21-20(24)25-2)19(22-18)17-7-4-3-5-8-17/h14-17H,3-13H2,1-2H3,(H,21,24). The van der Waals surface area contributed by atoms with Gasteiger partial charge < -0.3 is 14.6 Å². The molecule has 1 aromatic rings. The van der Waals surface area contributed by atoms with E-state index in [1.807, 2.05) is 0 Å². The molecule has 0 saturated heterocycles. The molecule has 0 spiro atoms. The SMILES string of the molecule is COC(=O)NCCCn1cc(C(C)CC2CC2)nc1C1CCCCC1. The lowest BCUT2D eigenvalue weighted by Crippen LogP contribution is -2.25. The van der Waals surface area contributed by atoms with Crippen LogP contribution in [0.5, 0.6) is 0 Å². The molecule has 3 rings (SSSR count). The molecule has 25 heavy (non-hydrogen) atoms. The zero-order valence-corrected chi connectivity index (χ0v) is 15.8. The van der Waals surface area contributed by atoms with Gasteiger partial charge in [-0.15, -0.1) is 0 Å². The Kier molecular flexibility index (Phi) is 6.38. The molecular weight excluding hydrogens is 314 g/mol. The highest BCUT2D eigenvalue weighted by Crippen LogP contribution is 2.39. The molecule has 140 valence electrons. The summed E-state index contributed by atoms with van der Waals surface area (Å²) in [6, 6.07) is 0. The molecule has 5 nitrogen and oxygen atoms in total. The number of ether oxygens (including phenoxy) is 1. The molecule has 0 radical (unpaired) electrons. The van der Waals surface area contributed by atoms with Crippen molar-refractivity contribution in [2.45, 2.75) is 83.1 Å². The first-order valence-electron chi connectivity index (χ1n) is 10.1. The fourth-order valence-electron chi connectivity index (χ4n) is 4.04. The number of imidazole rings is 1. The largest absolute Gasteiger partial charge is 0.453 e. The van der Waals surface area contributed by atoms with Gasteiger partial charge in [-0.2, -0.15) is 0 Å². The van der Waals surface area contributed by atoms with E-state index in [4.69, 9.17) is 4.98 Å². The van der Waals surface area contributed by atoms with Crippen LogP contribution < -0.4 is 5.32 Å². The van der Waals surface area contributed by atoms with Crippen LogP contribution in [0, 0.1) is 5.92 Å². The van der Waals surface area contributed by atoms with Crippen molar-refractivity contribution in [3.8, 4) is 0 Å². The van der Waals surface area contributed by atoms with Gasteiger partial charge in [0.25, 0.3) is 0 Å². The predicted octanol–water partition coefficient (Wildman–Crippen LogP) is 4.58. The number of rotatable bonds is 8. The quantitative estimate of drug-likeness (QED) is 0.700. The summed E-state index contributed by atoms with van der Waals surface area (Å²) in [5.41, 5.74) is 1.27. The summed E-state index contributed by atoms with van der Waals surface area (Å²) >= 11 is 0. The van der Waals surface area contributed by atoms with Gasteiger partial charge in [-0.3, -0.25) is 0 Å². The van der Waals surface area contributed by atoms with Gasteiger partial charge in [0.1, 0.15) is 5.82 Å². The van der Waals surface area contributed by atoms with E-state index >= 15 is 0 Å². The van der Waals surface area contributed by atoms with Gasteiger partial charge in [0.2, 0.25) is 0 Å². The first kappa shape index (κ1) is 18.3. The Bertz CT molecular complexity index is 559. The van der Waals surface area contributed by atoms with Gasteiger partial charge in [0.05, 0.1) is 12.8 Å². The number of nitrogens with one attached hydrogen (secondary N) is 1. The fourth-order valence-corrected chi connectivity index (χ4v) is 4.04. The number of amides is 1. The Balaban J connectivity index is 1.64. The summed E-state index contributed by atoms with van der Waals surface area (Å²) in [5.74, 6) is 3.39. The van der Waals surface area contributed by atoms with E-state index in [1.165, 1.54) is 70.0 Å². The van der Waals surface area contributed by atoms with Crippen LogP contribution in [0.1, 0.15) is 88.1 Å². The van der Waals surface area contributed by atoms with Crippen LogP contribution in [0.3, 0.4) is 0 Å². The van der Waals surface area contributed by atoms with Crippen molar-refractivity contribution in [3.63, 3.8) is 0 Å². The number of aryl methyl sites for hydroxylation is 1. The summed E-state index contributed by atoms with van der Waals surface area (Å²) in [4.78, 5) is 16.3. The number of nitrogens with zero attached hydrogens (tertiary/aromatic N) is 2. The lowest BCUT2D eigenvalue weighted by Gasteiger charge is -2.22. The number of hydrogen-bond donors (Lipinski definition) is 1. The van der Waals surface area contributed by atoms with Crippen LogP contribution in [-0.4, -0.2) is 29.3 Å². The number of carbonyl (C=O) groups is 1. The molecule has 1 unspecified atom stereocenters. The van der Waals surface area contributed by atoms with Crippen LogP contribution in [0.15, 0.2) is 6.20 Å². The third kappa shape index (κ3) is 5.23. The zero-order valence-electron chi connectivity index (χ0n) is 15.8. The van der Waals surface area contributed by atoms with Gasteiger partial charge in [-0.25, -0.2) is 9.78 Å². The van der Waals surface area contributed by atoms with Crippen LogP contribution >= 0.6 is 0 Å². The summed E-state index contributed by atoms with van der Waals surface area (Å²) in [6.45, 7) is 3.88. The molecule has 0 bridgehead atoms. The number of methoxy groups -OCH3 is 1. The van der Waals surface area contributed by atoms with Gasteiger partial charge in [-0.05, 0) is 31.6 Å². The first-order valence-corrected chi connectivity index (χ1v) is 10.1. The second-order valence-corrected chi connectivity index (χ2v) is 7.90. The predicted molar refractivity (Wildman–Crippen MR) is 98.8 cm³/mol. The van der Waals surface area contributed by atoms with Crippen molar-refractivity contribution in [1.29, 1.82) is 0 Å². The van der Waals surface area contributed by atoms with Gasteiger partial charge in [0, 0.05) is 31.1 Å². The molecule has 2 saturated carbocycles. The maximum absolute atomic E-state index is 11.2. The van der Waals surface area contributed by atoms with Crippen LogP contribution in [-0.2, 0) is 11.3 Å². The Morgan fingerprint density at radius 1 is 1.32 bits per heavy atom. The highest BCUT2D eigenvalue weighted by molar-refractivity contribution is 5.66. The first-order chi connectivity index (χ1) is 12.2. The lowest BCUT2D eigenvalue weighted by atomic mass is 9.88. The van der Waals surface area contributed by atoms with E-state index in [2.05, 4.69) is 27.7 Å². The van der Waals surface area contributed by atoms with E-state index in [1.54, 1.807) is 0 Å². The molecule has 1 amide bonds. The van der Waals surface area contributed by atoms with E-state index in [9.17, 15) is 4.79 Å². The van der Waals surface area contributed by atoms with Gasteiger partial charge in [0.15, 0.2) is 0 Å². The Hall–Kier alpha value is -1.52. The van der Waals surface area contributed by atoms with E-state index in [0.29, 0.717) is 18.4 Å². The number of aromatic nitrogens is 2. The van der Waals surface area contributed by atoms with Gasteiger partial charge >= 0.3 is 6.09 Å². The van der Waals surface area contributed by atoms with Crippen molar-refractivity contribution in [2.24, 2.45) is 5.92 Å². The minimum atomic E-state index is -0.350. The lowest BCUT2D eigenvalue weighted by molar-refractivity contribution is 0.171. The molecule has 2 aliphatic carbocycles. The molecule has 0 aliphatic heterocycles. The molecule has 2 fully saturated rings. The van der Waals surface area contributed by atoms with E-state index in [0.717, 1.165) is 18.9 Å². The average Bonchev–Trinajstić information content (AvgIpc) is 3.35. The maximum atomic E-state index is 11.2. The van der Waals surface area contributed by atoms with Crippen molar-refractivity contribution >= 4 is 6.09 Å². The molecule has 1 atom stereocenters. The number of hydrogen-bond acceptors (Lipinski definition) is 3. The minimum Gasteiger partial charge on any atom is -0.453 e. The van der Waals surface area contributed by atoms with Crippen LogP contribution in [0.25, 0.3) is 0 Å². The Morgan fingerprint density at radius 3 is 2.76 bits per heavy atom. The van der Waals surface area contributed by atoms with Crippen molar-refractivity contribution in [1.82, 2.24) is 14.9 Å². The summed E-state index contributed by atoms with van der Waals surface area (Å²) in [6.07, 6.45) is 13.5. The fraction of sp³-hybridized carbons (Fsp3) is 0.800. The van der Waals surface area contributed by atoms with Crippen molar-refractivity contribution < 1.29 is 9.53 Å². The van der Waals surface area contributed by atoms with Crippen molar-refractivity contribution in [2.75, 3.05) is 13.7 Å². The molecule has 1 heterocycles. The molecule has 0 aromatic carbocycles. The second-order valence-electron chi connectivity index (χ2n) is 7.90. The van der Waals surface area contributed by atoms with Crippen LogP contribution in [0.4, 0.5) is 4.79 Å². The third-order valence-corrected chi connectivity index (χ3v) is 5.72. The monoisotopic (exact) mass is 347 g/mol. The highest BCUT2D eigenvalue weighted by Gasteiger charge is 2.27. The summed E-state index contributed by atoms with van der Waals surface area (Å²) < 4.78 is 7.00. The molecular formula is C20H33N3O2. The Morgan fingerprint density at radius 2 is 2.08 bits per heavy atom. The molecule has 1 N–H and O–H groups in total. The maximum Gasteiger partial charge on any atom is 0.406 e. The summed E-state index contributed by atoms with van der Waals surface area (Å²) in [5, 5.41) is 2.77. The second kappa shape index (κ2) is 8.72. The zero-order chi connectivity index (χ0) is 17.6. The summed E-state index contributed by atoms with van der Waals surface area (Å²) in [7, 11) is 1.40. The van der Waals surface area contributed by atoms with E-state index < -0.39 is 0 Å². The molecule has 5 heteroatoms. The smallest absolute Gasteiger partial charge is 0.406 e. The average molecular weight is 348 g/mol. The number of carbonyl (C=O) groups excluding carboxylic acids is 1. The topological polar surface area (TPSA) is 56.1 Å². The van der Waals surface area contributed by atoms with E-state index in [-0.39, 0.29) is 6.09 Å². The van der Waals surface area contributed by atoms with Crippen molar-refractivity contribution in [3.05, 3.63) is 17.7 Å². The van der Waals surface area contributed by atoms with Gasteiger partial charge in [-0.1, -0.05) is 39.0 Å². The van der Waals surface area contributed by atoms with Crippen LogP contribution in [0.2, 0.25) is 0 Å². The Labute approximate surface area is 151 Å².